The molecule has 1 heteroatoms. The van der Waals surface area contributed by atoms with Crippen LogP contribution in [0.15, 0.2) is 24.5 Å². The van der Waals surface area contributed by atoms with Gasteiger partial charge in [0.1, 0.15) is 0 Å². The van der Waals surface area contributed by atoms with Gasteiger partial charge in [0.2, 0.25) is 0 Å². The summed E-state index contributed by atoms with van der Waals surface area (Å²) in [7, 11) is 0. The zero-order valence-electron chi connectivity index (χ0n) is 6.59. The molecule has 1 aliphatic rings. The molecule has 0 aromatic heterocycles. The van der Waals surface area contributed by atoms with Crippen LogP contribution in [0, 0.1) is 0 Å². The average Bonchev–Trinajstić information content (AvgIpc) is 2.44. The summed E-state index contributed by atoms with van der Waals surface area (Å²) in [6.07, 6.45) is 12.1. The molecule has 0 radical (unpaired) electrons. The number of allylic oxidation sites excluding steroid dienone is 3. The molecular formula is C9H16O. The van der Waals surface area contributed by atoms with Crippen molar-refractivity contribution in [2.24, 2.45) is 0 Å². The smallest absolute Gasteiger partial charge is 0.0751 e. The second-order valence-electron chi connectivity index (χ2n) is 2.20. The van der Waals surface area contributed by atoms with Crippen LogP contribution in [0.5, 0.6) is 0 Å². The van der Waals surface area contributed by atoms with Gasteiger partial charge in [-0.2, -0.15) is 0 Å². The topological polar surface area (TPSA) is 20.2 Å². The van der Waals surface area contributed by atoms with Crippen LogP contribution in [0.3, 0.4) is 0 Å². The van der Waals surface area contributed by atoms with Crippen molar-refractivity contribution in [1.29, 1.82) is 0 Å². The van der Waals surface area contributed by atoms with Crippen molar-refractivity contribution in [2.45, 2.75) is 32.6 Å². The lowest BCUT2D eigenvalue weighted by atomic mass is 10.4. The number of aliphatic hydroxyl groups is 1. The molecule has 0 saturated heterocycles. The van der Waals surface area contributed by atoms with Gasteiger partial charge in [-0.3, -0.25) is 0 Å². The molecule has 0 aromatic carbocycles. The van der Waals surface area contributed by atoms with Gasteiger partial charge in [-0.1, -0.05) is 25.2 Å². The van der Waals surface area contributed by atoms with Crippen LogP contribution in [-0.2, 0) is 0 Å². The molecule has 0 unspecified atom stereocenters. The molecule has 1 aliphatic carbocycles. The molecular weight excluding hydrogens is 124 g/mol. The van der Waals surface area contributed by atoms with Gasteiger partial charge in [-0.15, -0.1) is 0 Å². The maximum Gasteiger partial charge on any atom is 0.0751 e. The maximum absolute atomic E-state index is 7.89. The highest BCUT2D eigenvalue weighted by atomic mass is 16.2. The van der Waals surface area contributed by atoms with E-state index in [1.54, 1.807) is 6.08 Å². The first-order valence-electron chi connectivity index (χ1n) is 3.86. The Morgan fingerprint density at radius 3 is 2.10 bits per heavy atom. The minimum absolute atomic E-state index is 0.913. The van der Waals surface area contributed by atoms with Gasteiger partial charge >= 0.3 is 0 Å². The highest BCUT2D eigenvalue weighted by molar-refractivity contribution is 4.88. The predicted octanol–water partition coefficient (Wildman–Crippen LogP) is 3.19. The van der Waals surface area contributed by atoms with Crippen LogP contribution in [0.4, 0.5) is 0 Å². The summed E-state index contributed by atoms with van der Waals surface area (Å²) in [5, 5.41) is 7.89. The molecule has 1 N–H and O–H groups in total. The van der Waals surface area contributed by atoms with Crippen molar-refractivity contribution in [3.8, 4) is 0 Å². The molecule has 0 aromatic rings. The van der Waals surface area contributed by atoms with Crippen LogP contribution < -0.4 is 0 Å². The van der Waals surface area contributed by atoms with E-state index in [2.05, 4.69) is 12.2 Å². The van der Waals surface area contributed by atoms with Crippen molar-refractivity contribution >= 4 is 0 Å². The molecule has 0 atom stereocenters. The normalized spacial score (nSPS) is 15.3. The van der Waals surface area contributed by atoms with E-state index < -0.39 is 0 Å². The molecule has 0 fully saturated rings. The first kappa shape index (κ1) is 9.28. The van der Waals surface area contributed by atoms with E-state index in [1.165, 1.54) is 19.3 Å². The molecule has 0 spiro atoms. The van der Waals surface area contributed by atoms with Crippen LogP contribution in [0.1, 0.15) is 32.6 Å². The van der Waals surface area contributed by atoms with E-state index in [0.29, 0.717) is 0 Å². The SMILES string of the molecule is C1=CCCC1.CCC=CO. The van der Waals surface area contributed by atoms with Crippen LogP contribution in [0.2, 0.25) is 0 Å². The lowest BCUT2D eigenvalue weighted by Gasteiger charge is -1.69. The van der Waals surface area contributed by atoms with E-state index in [-0.39, 0.29) is 0 Å². The lowest BCUT2D eigenvalue weighted by molar-refractivity contribution is 0.471. The van der Waals surface area contributed by atoms with E-state index in [4.69, 9.17) is 5.11 Å². The highest BCUT2D eigenvalue weighted by Gasteiger charge is 1.84. The third-order valence-corrected chi connectivity index (χ3v) is 1.25. The molecule has 0 amide bonds. The maximum atomic E-state index is 7.89. The second kappa shape index (κ2) is 8.28. The Balaban J connectivity index is 0.000000162. The van der Waals surface area contributed by atoms with Crippen molar-refractivity contribution in [1.82, 2.24) is 0 Å². The Bertz CT molecular complexity index is 97.3. The zero-order valence-corrected chi connectivity index (χ0v) is 6.59. The van der Waals surface area contributed by atoms with Gasteiger partial charge < -0.3 is 5.11 Å². The Kier molecular flexibility index (Phi) is 7.68. The van der Waals surface area contributed by atoms with Gasteiger partial charge in [0.25, 0.3) is 0 Å². The van der Waals surface area contributed by atoms with E-state index >= 15 is 0 Å². The monoisotopic (exact) mass is 140 g/mol. The third kappa shape index (κ3) is 7.28. The number of hydrogen-bond acceptors (Lipinski definition) is 1. The molecule has 0 aliphatic heterocycles. The van der Waals surface area contributed by atoms with E-state index in [1.807, 2.05) is 6.92 Å². The third-order valence-electron chi connectivity index (χ3n) is 1.25. The van der Waals surface area contributed by atoms with Crippen molar-refractivity contribution in [3.63, 3.8) is 0 Å². The number of rotatable bonds is 1. The standard InChI is InChI=1S/C5H8.C4H8O/c1-2-4-5-3-1;1-2-3-4-5/h1-2H,3-5H2;3-5H,2H2,1H3. The van der Waals surface area contributed by atoms with Crippen molar-refractivity contribution in [2.75, 3.05) is 0 Å². The predicted molar refractivity (Wildman–Crippen MR) is 45.1 cm³/mol. The second-order valence-corrected chi connectivity index (χ2v) is 2.20. The fourth-order valence-electron chi connectivity index (χ4n) is 0.695. The van der Waals surface area contributed by atoms with Gasteiger partial charge in [0, 0.05) is 0 Å². The molecule has 0 bridgehead atoms. The van der Waals surface area contributed by atoms with E-state index in [0.717, 1.165) is 12.7 Å². The summed E-state index contributed by atoms with van der Waals surface area (Å²) in [6.45, 7) is 1.96. The zero-order chi connectivity index (χ0) is 7.66. The molecule has 1 rings (SSSR count). The summed E-state index contributed by atoms with van der Waals surface area (Å²) in [4.78, 5) is 0. The minimum Gasteiger partial charge on any atom is -0.516 e. The molecule has 58 valence electrons. The molecule has 0 saturated carbocycles. The molecule has 10 heavy (non-hydrogen) atoms. The van der Waals surface area contributed by atoms with Crippen molar-refractivity contribution < 1.29 is 5.11 Å². The minimum atomic E-state index is 0.913. The van der Waals surface area contributed by atoms with Crippen molar-refractivity contribution in [3.05, 3.63) is 24.5 Å². The van der Waals surface area contributed by atoms with Crippen LogP contribution in [0.25, 0.3) is 0 Å². The van der Waals surface area contributed by atoms with Gasteiger partial charge in [-0.05, 0) is 25.7 Å². The number of aliphatic hydroxyl groups excluding tert-OH is 1. The molecule has 0 heterocycles. The summed E-state index contributed by atoms with van der Waals surface area (Å²) in [5.74, 6) is 0. The Hall–Kier alpha value is -0.720. The summed E-state index contributed by atoms with van der Waals surface area (Å²) in [6, 6.07) is 0. The summed E-state index contributed by atoms with van der Waals surface area (Å²) >= 11 is 0. The van der Waals surface area contributed by atoms with Crippen LogP contribution >= 0.6 is 0 Å². The summed E-state index contributed by atoms with van der Waals surface area (Å²) < 4.78 is 0. The fraction of sp³-hybridized carbons (Fsp3) is 0.556. The van der Waals surface area contributed by atoms with Crippen LogP contribution in [-0.4, -0.2) is 5.11 Å². The quantitative estimate of drug-likeness (QED) is 0.438. The summed E-state index contributed by atoms with van der Waals surface area (Å²) in [5.41, 5.74) is 0. The van der Waals surface area contributed by atoms with E-state index in [9.17, 15) is 0 Å². The van der Waals surface area contributed by atoms with Gasteiger partial charge in [0.15, 0.2) is 0 Å². The van der Waals surface area contributed by atoms with Gasteiger partial charge in [-0.25, -0.2) is 0 Å². The Labute approximate surface area is 63.1 Å². The number of hydrogen-bond donors (Lipinski definition) is 1. The largest absolute Gasteiger partial charge is 0.516 e. The Morgan fingerprint density at radius 2 is 2.00 bits per heavy atom. The average molecular weight is 140 g/mol. The van der Waals surface area contributed by atoms with Gasteiger partial charge in [0.05, 0.1) is 6.26 Å². The lowest BCUT2D eigenvalue weighted by Crippen LogP contribution is -1.50. The molecule has 1 nitrogen and oxygen atoms in total. The highest BCUT2D eigenvalue weighted by Crippen LogP contribution is 2.05. The first-order chi connectivity index (χ1) is 4.91. The Morgan fingerprint density at radius 1 is 1.40 bits per heavy atom. The first-order valence-corrected chi connectivity index (χ1v) is 3.86. The fourth-order valence-corrected chi connectivity index (χ4v) is 0.695.